The number of aromatic amines is 1. The van der Waals surface area contributed by atoms with Crippen molar-refractivity contribution in [1.29, 1.82) is 0 Å². The summed E-state index contributed by atoms with van der Waals surface area (Å²) in [6, 6.07) is 32.2. The molecule has 31 heteroatoms. The van der Waals surface area contributed by atoms with E-state index in [2.05, 4.69) is 51.7 Å². The van der Waals surface area contributed by atoms with Crippen molar-refractivity contribution in [3.8, 4) is 40.6 Å². The molecule has 0 aliphatic carbocycles. The van der Waals surface area contributed by atoms with Crippen LogP contribution in [0.2, 0.25) is 0 Å². The van der Waals surface area contributed by atoms with Crippen LogP contribution in [0.4, 0.5) is 0 Å². The standard InChI is InChI=1S/2C29H42N2O7.C23H34N2O7.C17H24N2O2/c2*1-10-25-18(6)26(35-20(8)32)27(36-21(9)33)29(37-25)38-28-24(19(7)31(30-28)16(2)3)15-22-11-13-23(14-12-22)34-17(4)5;1-12(2)25-14(5)17(10-15-6-8-16(9-7-15)30-13(3)4)22(24-25)32-23-21(29)20(28)19(27)18(11-26)31-23;1-11(2)19-13(5)16(17(20)18-19)10-14-6-8-15(9-7-14)21-12(3)4/h2*11-14,16-18,25-27,29H,10,15H2,1-9H3;6-9,12-13,18-21,23,26-29H,10-11H2,1-5H3;6-9,11-12H,10H2,1-5H3,(H,18,20)/t2*18-,25-,26+,27-,29+;18-,19-,20+,21-,23+;/m111./s1. The molecule has 0 amide bonds. The number of aliphatic hydroxyl groups excluding tert-OH is 4. The maximum Gasteiger partial charge on any atom is 0.303 e. The highest BCUT2D eigenvalue weighted by atomic mass is 16.7. The number of carbonyl (C=O) groups is 4. The lowest BCUT2D eigenvalue weighted by Gasteiger charge is -2.43. The molecule has 712 valence electrons. The van der Waals surface area contributed by atoms with Crippen LogP contribution in [0.1, 0.15) is 270 Å². The number of aliphatic hydroxyl groups is 4. The molecule has 0 unspecified atom stereocenters. The average molecular weight is 1800 g/mol. The van der Waals surface area contributed by atoms with Gasteiger partial charge in [0.25, 0.3) is 5.56 Å². The van der Waals surface area contributed by atoms with Crippen LogP contribution in [0.25, 0.3) is 0 Å². The van der Waals surface area contributed by atoms with E-state index in [1.165, 1.54) is 27.7 Å². The quantitative estimate of drug-likeness (QED) is 0.0188. The van der Waals surface area contributed by atoms with E-state index in [9.17, 15) is 44.4 Å². The van der Waals surface area contributed by atoms with E-state index in [4.69, 9.17) is 76.5 Å². The lowest BCUT2D eigenvalue weighted by molar-refractivity contribution is -0.278. The molecular weight excluding hydrogens is 1660 g/mol. The first-order chi connectivity index (χ1) is 60.8. The summed E-state index contributed by atoms with van der Waals surface area (Å²) < 4.78 is 89.8. The summed E-state index contributed by atoms with van der Waals surface area (Å²) in [5.74, 6) is 1.98. The molecule has 31 nitrogen and oxygen atoms in total. The van der Waals surface area contributed by atoms with Gasteiger partial charge in [-0.25, -0.2) is 0 Å². The van der Waals surface area contributed by atoms with E-state index in [1.54, 1.807) is 0 Å². The summed E-state index contributed by atoms with van der Waals surface area (Å²) in [7, 11) is 0. The molecule has 0 radical (unpaired) electrons. The van der Waals surface area contributed by atoms with Crippen LogP contribution < -0.4 is 38.7 Å². The van der Waals surface area contributed by atoms with E-state index in [1.807, 2.05) is 240 Å². The van der Waals surface area contributed by atoms with Crippen molar-refractivity contribution in [3.63, 3.8) is 0 Å². The van der Waals surface area contributed by atoms with Gasteiger partial charge in [-0.3, -0.25) is 47.8 Å². The van der Waals surface area contributed by atoms with Crippen molar-refractivity contribution < 1.29 is 106 Å². The summed E-state index contributed by atoms with van der Waals surface area (Å²) in [6.07, 6.45) is -8.57. The second kappa shape index (κ2) is 47.5. The summed E-state index contributed by atoms with van der Waals surface area (Å²) >= 11 is 0. The number of H-pyrrole nitrogens is 1. The third-order valence-corrected chi connectivity index (χ3v) is 22.2. The first-order valence-electron chi connectivity index (χ1n) is 45.2. The number of nitrogens with one attached hydrogen (secondary N) is 1. The van der Waals surface area contributed by atoms with Gasteiger partial charge >= 0.3 is 23.9 Å². The lowest BCUT2D eigenvalue weighted by Crippen LogP contribution is -2.60. The van der Waals surface area contributed by atoms with Crippen molar-refractivity contribution >= 4 is 23.9 Å². The van der Waals surface area contributed by atoms with Crippen LogP contribution in [0.15, 0.2) is 102 Å². The highest BCUT2D eigenvalue weighted by Crippen LogP contribution is 2.40. The number of esters is 4. The molecule has 0 bridgehead atoms. The summed E-state index contributed by atoms with van der Waals surface area (Å²) in [6.45, 7) is 52.8. The largest absolute Gasteiger partial charge is 0.491 e. The van der Waals surface area contributed by atoms with E-state index >= 15 is 0 Å². The minimum absolute atomic E-state index is 0.00343. The van der Waals surface area contributed by atoms with Gasteiger partial charge in [-0.2, -0.15) is 0 Å². The van der Waals surface area contributed by atoms with Crippen LogP contribution in [0.5, 0.6) is 40.6 Å². The summed E-state index contributed by atoms with van der Waals surface area (Å²) in [4.78, 5) is 60.1. The van der Waals surface area contributed by atoms with Gasteiger partial charge in [-0.15, -0.1) is 15.3 Å². The average Bonchev–Trinajstić information content (AvgIpc) is 1.76. The van der Waals surface area contributed by atoms with Gasteiger partial charge in [-0.05, 0) is 222 Å². The number of carbonyl (C=O) groups excluding carboxylic acids is 4. The van der Waals surface area contributed by atoms with Gasteiger partial charge in [0.05, 0.1) is 43.2 Å². The molecule has 4 aromatic heterocycles. The van der Waals surface area contributed by atoms with Crippen LogP contribution in [-0.4, -0.2) is 194 Å². The number of ether oxygens (including phenoxy) is 14. The molecule has 4 aromatic carbocycles. The van der Waals surface area contributed by atoms with Crippen molar-refractivity contribution in [2.24, 2.45) is 11.8 Å². The minimum atomic E-state index is -1.52. The third-order valence-electron chi connectivity index (χ3n) is 22.2. The molecule has 5 N–H and O–H groups in total. The van der Waals surface area contributed by atoms with Crippen molar-refractivity contribution in [2.75, 3.05) is 6.61 Å². The Morgan fingerprint density at radius 2 is 0.651 bits per heavy atom. The predicted molar refractivity (Wildman–Crippen MR) is 486 cm³/mol. The monoisotopic (exact) mass is 1800 g/mol. The van der Waals surface area contributed by atoms with Gasteiger partial charge in [0.1, 0.15) is 59.6 Å². The van der Waals surface area contributed by atoms with Crippen molar-refractivity contribution in [3.05, 3.63) is 175 Å². The Labute approximate surface area is 759 Å². The molecule has 3 aliphatic heterocycles. The fourth-order valence-corrected chi connectivity index (χ4v) is 16.0. The lowest BCUT2D eigenvalue weighted by atomic mass is 9.89. The topological polar surface area (TPSA) is 370 Å². The molecule has 15 atom stereocenters. The van der Waals surface area contributed by atoms with E-state index in [-0.39, 0.29) is 84.1 Å². The zero-order chi connectivity index (χ0) is 95.4. The number of aromatic nitrogens is 8. The number of hydrogen-bond donors (Lipinski definition) is 5. The van der Waals surface area contributed by atoms with Gasteiger partial charge in [-0.1, -0.05) is 76.2 Å². The Morgan fingerprint density at radius 1 is 0.380 bits per heavy atom. The Bertz CT molecular complexity index is 4750. The fraction of sp³-hybridized carbons (Fsp3) is 0.592. The summed E-state index contributed by atoms with van der Waals surface area (Å²) in [5.41, 5.74) is 11.6. The van der Waals surface area contributed by atoms with Gasteiger partial charge < -0.3 is 86.7 Å². The number of benzene rings is 4. The Morgan fingerprint density at radius 3 is 0.899 bits per heavy atom. The highest BCUT2D eigenvalue weighted by molar-refractivity contribution is 5.68. The first-order valence-corrected chi connectivity index (χ1v) is 45.2. The number of rotatable bonds is 33. The third kappa shape index (κ3) is 28.4. The van der Waals surface area contributed by atoms with Gasteiger partial charge in [0.15, 0.2) is 0 Å². The second-order valence-electron chi connectivity index (χ2n) is 35.6. The Balaban J connectivity index is 0.000000217. The SMILES string of the molecule is CC[C@H]1O[C@@H](Oc2nn(C(C)C)c(C)c2Cc2ccc(OC(C)C)cc2)[C@H](OC(C)=O)[C@@H](OC(C)=O)[C@@H]1C.CC[C@H]1O[C@@H](Oc2nn(C(C)C)c(C)c2Cc2ccc(OC(C)C)cc2)[C@H](OC(C)=O)[C@@H](OC(C)=O)[C@@H]1C.Cc1c(Cc2ccc(OC(C)C)cc2)c(=O)[nH]n1C(C)C.Cc1c(Cc2ccc(OC(C)C)cc2)c(O[C@@H]2O[C@H](CO)[C@@H](O)[C@H](O)[C@H]2O)nn1C(C)C. The van der Waals surface area contributed by atoms with Crippen LogP contribution in [0, 0.1) is 39.5 Å². The maximum absolute atomic E-state index is 12.1. The van der Waals surface area contributed by atoms with E-state index in [0.717, 1.165) is 90.3 Å². The highest BCUT2D eigenvalue weighted by Gasteiger charge is 2.52. The maximum atomic E-state index is 12.1. The van der Waals surface area contributed by atoms with Crippen LogP contribution in [-0.2, 0) is 78.0 Å². The summed E-state index contributed by atoms with van der Waals surface area (Å²) in [5, 5.41) is 56.9. The van der Waals surface area contributed by atoms with Crippen molar-refractivity contribution in [1.82, 2.24) is 39.1 Å². The Kier molecular flexibility index (Phi) is 38.3. The van der Waals surface area contributed by atoms with Crippen LogP contribution in [0.3, 0.4) is 0 Å². The van der Waals surface area contributed by atoms with E-state index < -0.39 is 98.2 Å². The van der Waals surface area contributed by atoms with Gasteiger partial charge in [0.2, 0.25) is 48.7 Å². The fourth-order valence-electron chi connectivity index (χ4n) is 16.0. The smallest absolute Gasteiger partial charge is 0.303 e. The molecular formula is C98H142N8O23. The predicted octanol–water partition coefficient (Wildman–Crippen LogP) is 15.1. The molecule has 8 aromatic rings. The van der Waals surface area contributed by atoms with Crippen LogP contribution >= 0.6 is 0 Å². The molecule has 3 fully saturated rings. The second-order valence-corrected chi connectivity index (χ2v) is 35.6. The Hall–Kier alpha value is -10.3. The molecule has 3 saturated heterocycles. The number of hydrogen-bond acceptors (Lipinski definition) is 26. The molecule has 129 heavy (non-hydrogen) atoms. The molecule has 0 spiro atoms. The molecule has 7 heterocycles. The zero-order valence-corrected chi connectivity index (χ0v) is 80.6. The number of nitrogens with zero attached hydrogens (tertiary/aromatic N) is 7. The van der Waals surface area contributed by atoms with Crippen molar-refractivity contribution in [2.45, 2.75) is 361 Å². The normalized spacial score (nSPS) is 22.1. The van der Waals surface area contributed by atoms with Gasteiger partial charge in [0, 0.05) is 134 Å². The molecule has 11 rings (SSSR count). The minimum Gasteiger partial charge on any atom is -0.491 e. The first kappa shape index (κ1) is 104. The van der Waals surface area contributed by atoms with E-state index in [0.29, 0.717) is 50.3 Å². The molecule has 0 saturated carbocycles. The zero-order valence-electron chi connectivity index (χ0n) is 80.6. The molecule has 3 aliphatic rings.